The van der Waals surface area contributed by atoms with Crippen LogP contribution in [0.1, 0.15) is 51.4 Å². The van der Waals surface area contributed by atoms with Gasteiger partial charge in [0.1, 0.15) is 11.2 Å². The molecule has 14 heavy (non-hydrogen) atoms. The summed E-state index contributed by atoms with van der Waals surface area (Å²) in [6, 6.07) is 0. The molecule has 78 valence electrons. The predicted octanol–water partition coefficient (Wildman–Crippen LogP) is 1.60. The summed E-state index contributed by atoms with van der Waals surface area (Å²) < 4.78 is 0. The SMILES string of the molecule is OC1(C#CC2(O)CCCC2)CCCC1. The second kappa shape index (κ2) is 3.56. The van der Waals surface area contributed by atoms with Crippen molar-refractivity contribution >= 4 is 0 Å². The third kappa shape index (κ3) is 2.10. The van der Waals surface area contributed by atoms with Crippen molar-refractivity contribution in [2.24, 2.45) is 0 Å². The molecule has 2 heteroatoms. The van der Waals surface area contributed by atoms with Crippen molar-refractivity contribution in [3.05, 3.63) is 0 Å². The molecule has 0 aromatic rings. The molecule has 0 heterocycles. The van der Waals surface area contributed by atoms with Gasteiger partial charge < -0.3 is 10.2 Å². The molecule has 0 unspecified atom stereocenters. The van der Waals surface area contributed by atoms with Crippen LogP contribution in [-0.4, -0.2) is 21.4 Å². The highest BCUT2D eigenvalue weighted by Gasteiger charge is 2.32. The van der Waals surface area contributed by atoms with Gasteiger partial charge in [0.15, 0.2) is 0 Å². The van der Waals surface area contributed by atoms with Crippen LogP contribution in [0.25, 0.3) is 0 Å². The Morgan fingerprint density at radius 1 is 0.643 bits per heavy atom. The molecule has 2 aliphatic rings. The first-order valence-electron chi connectivity index (χ1n) is 5.61. The zero-order valence-corrected chi connectivity index (χ0v) is 8.55. The van der Waals surface area contributed by atoms with Gasteiger partial charge >= 0.3 is 0 Å². The van der Waals surface area contributed by atoms with Gasteiger partial charge in [-0.3, -0.25) is 0 Å². The maximum Gasteiger partial charge on any atom is 0.125 e. The zero-order chi connectivity index (χ0) is 10.1. The summed E-state index contributed by atoms with van der Waals surface area (Å²) in [5.74, 6) is 5.79. The molecule has 0 radical (unpaired) electrons. The average Bonchev–Trinajstić information content (AvgIpc) is 2.74. The summed E-state index contributed by atoms with van der Waals surface area (Å²) in [6.45, 7) is 0. The fourth-order valence-electron chi connectivity index (χ4n) is 2.40. The maximum absolute atomic E-state index is 9.98. The first-order chi connectivity index (χ1) is 6.62. The van der Waals surface area contributed by atoms with Crippen molar-refractivity contribution in [3.63, 3.8) is 0 Å². The summed E-state index contributed by atoms with van der Waals surface area (Å²) in [4.78, 5) is 0. The molecule has 2 saturated carbocycles. The van der Waals surface area contributed by atoms with E-state index in [9.17, 15) is 10.2 Å². The summed E-state index contributed by atoms with van der Waals surface area (Å²) in [7, 11) is 0. The Labute approximate surface area is 85.3 Å². The molecule has 0 aromatic carbocycles. The molecular formula is C12H18O2. The van der Waals surface area contributed by atoms with Gasteiger partial charge in [0.05, 0.1) is 0 Å². The van der Waals surface area contributed by atoms with E-state index in [-0.39, 0.29) is 0 Å². The minimum atomic E-state index is -0.793. The van der Waals surface area contributed by atoms with Crippen LogP contribution in [0.2, 0.25) is 0 Å². The fraction of sp³-hybridized carbons (Fsp3) is 0.833. The van der Waals surface area contributed by atoms with E-state index in [0.29, 0.717) is 0 Å². The third-order valence-corrected chi connectivity index (χ3v) is 3.39. The average molecular weight is 194 g/mol. The normalized spacial score (nSPS) is 28.4. The molecule has 2 fully saturated rings. The second-order valence-electron chi connectivity index (χ2n) is 4.73. The van der Waals surface area contributed by atoms with Crippen molar-refractivity contribution in [2.45, 2.75) is 62.6 Å². The van der Waals surface area contributed by atoms with Crippen LogP contribution >= 0.6 is 0 Å². The van der Waals surface area contributed by atoms with Crippen molar-refractivity contribution in [2.75, 3.05) is 0 Å². The van der Waals surface area contributed by atoms with Gasteiger partial charge in [0, 0.05) is 0 Å². The smallest absolute Gasteiger partial charge is 0.125 e. The van der Waals surface area contributed by atoms with Crippen LogP contribution in [0.5, 0.6) is 0 Å². The minimum Gasteiger partial charge on any atom is -0.378 e. The molecule has 0 atom stereocenters. The Balaban J connectivity index is 2.04. The van der Waals surface area contributed by atoms with E-state index in [1.165, 1.54) is 0 Å². The highest BCUT2D eigenvalue weighted by Crippen LogP contribution is 2.31. The van der Waals surface area contributed by atoms with E-state index < -0.39 is 11.2 Å². The quantitative estimate of drug-likeness (QED) is 0.575. The lowest BCUT2D eigenvalue weighted by molar-refractivity contribution is 0.0976. The van der Waals surface area contributed by atoms with Gasteiger partial charge in [-0.15, -0.1) is 0 Å². The molecule has 0 saturated heterocycles. The first kappa shape index (κ1) is 10.0. The van der Waals surface area contributed by atoms with Crippen molar-refractivity contribution in [1.29, 1.82) is 0 Å². The molecule has 2 nitrogen and oxygen atoms in total. The molecule has 0 aromatic heterocycles. The van der Waals surface area contributed by atoms with Gasteiger partial charge in [-0.05, 0) is 51.4 Å². The van der Waals surface area contributed by atoms with E-state index in [1.807, 2.05) is 0 Å². The first-order valence-corrected chi connectivity index (χ1v) is 5.61. The standard InChI is InChI=1S/C12H18O2/c13-11(5-1-2-6-11)9-10-12(14)7-3-4-8-12/h13-14H,1-8H2. The lowest BCUT2D eigenvalue weighted by Crippen LogP contribution is -2.26. The maximum atomic E-state index is 9.98. The molecule has 2 rings (SSSR count). The number of rotatable bonds is 0. The van der Waals surface area contributed by atoms with Crippen molar-refractivity contribution in [1.82, 2.24) is 0 Å². The van der Waals surface area contributed by atoms with Crippen LogP contribution in [-0.2, 0) is 0 Å². The summed E-state index contributed by atoms with van der Waals surface area (Å²) in [5, 5.41) is 20.0. The second-order valence-corrected chi connectivity index (χ2v) is 4.73. The van der Waals surface area contributed by atoms with Crippen LogP contribution in [0, 0.1) is 11.8 Å². The van der Waals surface area contributed by atoms with Crippen LogP contribution in [0.4, 0.5) is 0 Å². The van der Waals surface area contributed by atoms with E-state index in [1.54, 1.807) is 0 Å². The Hall–Kier alpha value is -0.520. The molecule has 0 spiro atoms. The van der Waals surface area contributed by atoms with Crippen LogP contribution in [0.3, 0.4) is 0 Å². The van der Waals surface area contributed by atoms with Gasteiger partial charge in [-0.1, -0.05) is 11.8 Å². The Kier molecular flexibility index (Phi) is 2.55. The highest BCUT2D eigenvalue weighted by molar-refractivity contribution is 5.23. The topological polar surface area (TPSA) is 40.5 Å². The highest BCUT2D eigenvalue weighted by atomic mass is 16.3. The van der Waals surface area contributed by atoms with Crippen molar-refractivity contribution < 1.29 is 10.2 Å². The van der Waals surface area contributed by atoms with Gasteiger partial charge in [0.2, 0.25) is 0 Å². The molecule has 2 aliphatic carbocycles. The number of aliphatic hydroxyl groups is 2. The lowest BCUT2D eigenvalue weighted by atomic mass is 9.98. The van der Waals surface area contributed by atoms with Crippen molar-refractivity contribution in [3.8, 4) is 11.8 Å². The summed E-state index contributed by atoms with van der Waals surface area (Å²) in [5.41, 5.74) is -1.59. The van der Waals surface area contributed by atoms with E-state index in [0.717, 1.165) is 51.4 Å². The van der Waals surface area contributed by atoms with E-state index in [2.05, 4.69) is 11.8 Å². The Morgan fingerprint density at radius 2 is 0.929 bits per heavy atom. The molecular weight excluding hydrogens is 176 g/mol. The monoisotopic (exact) mass is 194 g/mol. The summed E-state index contributed by atoms with van der Waals surface area (Å²) in [6.07, 6.45) is 7.33. The fourth-order valence-corrected chi connectivity index (χ4v) is 2.40. The number of hydrogen-bond acceptors (Lipinski definition) is 2. The lowest BCUT2D eigenvalue weighted by Gasteiger charge is -2.17. The number of hydrogen-bond donors (Lipinski definition) is 2. The Morgan fingerprint density at radius 3 is 1.21 bits per heavy atom. The largest absolute Gasteiger partial charge is 0.378 e. The predicted molar refractivity (Wildman–Crippen MR) is 54.6 cm³/mol. The molecule has 0 amide bonds. The zero-order valence-electron chi connectivity index (χ0n) is 8.55. The molecule has 0 bridgehead atoms. The van der Waals surface area contributed by atoms with Gasteiger partial charge in [-0.2, -0.15) is 0 Å². The van der Waals surface area contributed by atoms with Crippen LogP contribution < -0.4 is 0 Å². The molecule has 2 N–H and O–H groups in total. The van der Waals surface area contributed by atoms with E-state index in [4.69, 9.17) is 0 Å². The third-order valence-electron chi connectivity index (χ3n) is 3.39. The van der Waals surface area contributed by atoms with Gasteiger partial charge in [0.25, 0.3) is 0 Å². The Bertz CT molecular complexity index is 234. The summed E-state index contributed by atoms with van der Waals surface area (Å²) >= 11 is 0. The van der Waals surface area contributed by atoms with Crippen LogP contribution in [0.15, 0.2) is 0 Å². The van der Waals surface area contributed by atoms with Gasteiger partial charge in [-0.25, -0.2) is 0 Å². The minimum absolute atomic E-state index is 0.774. The molecule has 0 aliphatic heterocycles. The van der Waals surface area contributed by atoms with E-state index >= 15 is 0 Å².